The molecule has 0 unspecified atom stereocenters. The van der Waals surface area contributed by atoms with Gasteiger partial charge in [-0.1, -0.05) is 17.4 Å². The number of amides is 2. The van der Waals surface area contributed by atoms with E-state index in [2.05, 4.69) is 12.2 Å². The number of hydrogen-bond donors (Lipinski definition) is 1. The van der Waals surface area contributed by atoms with Crippen LogP contribution in [0.25, 0.3) is 10.4 Å². The highest BCUT2D eigenvalue weighted by Gasteiger charge is 2.55. The van der Waals surface area contributed by atoms with Crippen molar-refractivity contribution in [3.05, 3.63) is 47.2 Å². The minimum Gasteiger partial charge on any atom is -0.331 e. The molecule has 4 aliphatic rings. The molecule has 1 atom stereocenters. The van der Waals surface area contributed by atoms with Crippen LogP contribution in [0.2, 0.25) is 0 Å². The largest absolute Gasteiger partial charge is 0.331 e. The number of hydrogen-bond acceptors (Lipinski definition) is 8. The van der Waals surface area contributed by atoms with Crippen molar-refractivity contribution in [2.75, 3.05) is 16.5 Å². The van der Waals surface area contributed by atoms with Crippen molar-refractivity contribution in [3.63, 3.8) is 0 Å². The maximum Gasteiger partial charge on any atom is 0.256 e. The Labute approximate surface area is 237 Å². The summed E-state index contributed by atoms with van der Waals surface area (Å²) in [5, 5.41) is 3.90. The molecule has 9 nitrogen and oxygen atoms in total. The summed E-state index contributed by atoms with van der Waals surface area (Å²) in [6.45, 7) is 4.36. The van der Waals surface area contributed by atoms with Crippen molar-refractivity contribution in [1.29, 1.82) is 0 Å². The van der Waals surface area contributed by atoms with Crippen LogP contribution in [0.3, 0.4) is 0 Å². The molecule has 2 saturated carbocycles. The van der Waals surface area contributed by atoms with Gasteiger partial charge < -0.3 is 10.2 Å². The van der Waals surface area contributed by atoms with Crippen LogP contribution >= 0.6 is 11.3 Å². The molecule has 3 aromatic rings. The van der Waals surface area contributed by atoms with E-state index >= 15 is 0 Å². The number of nitrogens with zero attached hydrogens (tertiary/aromatic N) is 4. The molecule has 2 amide bonds. The van der Waals surface area contributed by atoms with E-state index < -0.39 is 9.84 Å². The Kier molecular flexibility index (Phi) is 5.67. The number of rotatable bonds is 7. The molecule has 0 bridgehead atoms. The molecule has 11 heteroatoms. The van der Waals surface area contributed by atoms with Crippen molar-refractivity contribution >= 4 is 49.8 Å². The Bertz CT molecular complexity index is 1690. The zero-order chi connectivity index (χ0) is 28.0. The van der Waals surface area contributed by atoms with Gasteiger partial charge in [-0.2, -0.15) is 0 Å². The van der Waals surface area contributed by atoms with Gasteiger partial charge in [0.05, 0.1) is 21.0 Å². The Morgan fingerprint density at radius 1 is 1.12 bits per heavy atom. The summed E-state index contributed by atoms with van der Waals surface area (Å²) in [7, 11) is -3.64. The minimum absolute atomic E-state index is 0.0497. The van der Waals surface area contributed by atoms with E-state index in [0.29, 0.717) is 41.2 Å². The zero-order valence-corrected chi connectivity index (χ0v) is 24.4. The van der Waals surface area contributed by atoms with E-state index in [1.165, 1.54) is 11.3 Å². The third-order valence-electron chi connectivity index (χ3n) is 8.81. The van der Waals surface area contributed by atoms with Crippen LogP contribution in [0.5, 0.6) is 0 Å². The van der Waals surface area contributed by atoms with Crippen molar-refractivity contribution in [1.82, 2.24) is 14.9 Å². The number of anilines is 3. The SMILES string of the molecule is Cc1nc(Nc2cccc(N3C(=O)CCC34CC4)n2)sc1-c1cc2c(c(S(C)(=O)=O)c1)C(=O)N([C@@H](C)C1CC1)C2. The summed E-state index contributed by atoms with van der Waals surface area (Å²) in [5.74, 6) is 1.66. The molecule has 1 spiro atoms. The number of thiazole rings is 1. The van der Waals surface area contributed by atoms with Crippen LogP contribution in [-0.4, -0.2) is 52.9 Å². The zero-order valence-electron chi connectivity index (χ0n) is 22.7. The standard InChI is InChI=1S/C29H31N5O4S2/c1-16-26(19-13-20-15-33(17(2)18-7-8-18)27(36)25(20)21(14-19)40(3,37)38)39-28(30-16)32-22-5-4-6-23(31-22)34-24(35)9-10-29(34)11-12-29/h4-6,13-14,17-18H,7-12,15H2,1-3H3,(H,30,31,32)/t17-/m0/s1. The second kappa shape index (κ2) is 8.84. The molecule has 1 saturated heterocycles. The summed E-state index contributed by atoms with van der Waals surface area (Å²) < 4.78 is 25.7. The number of carbonyl (C=O) groups excluding carboxylic acids is 2. The molecule has 208 valence electrons. The van der Waals surface area contributed by atoms with Crippen molar-refractivity contribution < 1.29 is 18.0 Å². The van der Waals surface area contributed by atoms with Crippen molar-refractivity contribution in [2.24, 2.45) is 5.92 Å². The molecular weight excluding hydrogens is 546 g/mol. The highest BCUT2D eigenvalue weighted by atomic mass is 32.2. The Balaban J connectivity index is 1.20. The number of pyridine rings is 1. The van der Waals surface area contributed by atoms with Gasteiger partial charge >= 0.3 is 0 Å². The van der Waals surface area contributed by atoms with Gasteiger partial charge in [0, 0.05) is 30.8 Å². The van der Waals surface area contributed by atoms with Gasteiger partial charge in [-0.25, -0.2) is 18.4 Å². The summed E-state index contributed by atoms with van der Waals surface area (Å²) >= 11 is 1.41. The molecule has 3 fully saturated rings. The van der Waals surface area contributed by atoms with E-state index in [0.717, 1.165) is 60.1 Å². The van der Waals surface area contributed by atoms with Crippen LogP contribution in [0.1, 0.15) is 67.1 Å². The molecule has 40 heavy (non-hydrogen) atoms. The summed E-state index contributed by atoms with van der Waals surface area (Å²) in [5.41, 5.74) is 2.49. The number of nitrogens with one attached hydrogen (secondary N) is 1. The Morgan fingerprint density at radius 3 is 2.60 bits per heavy atom. The van der Waals surface area contributed by atoms with Crippen LogP contribution < -0.4 is 10.2 Å². The molecule has 1 aromatic carbocycles. The van der Waals surface area contributed by atoms with E-state index in [9.17, 15) is 18.0 Å². The normalized spacial score (nSPS) is 20.4. The average Bonchev–Trinajstić information content (AvgIpc) is 3.80. The number of carbonyl (C=O) groups is 2. The quantitative estimate of drug-likeness (QED) is 0.417. The summed E-state index contributed by atoms with van der Waals surface area (Å²) in [4.78, 5) is 40.0. The monoisotopic (exact) mass is 577 g/mol. The number of aryl methyl sites for hydroxylation is 1. The molecule has 2 aromatic heterocycles. The highest BCUT2D eigenvalue weighted by molar-refractivity contribution is 7.90. The average molecular weight is 578 g/mol. The fraction of sp³-hybridized carbons (Fsp3) is 0.448. The fourth-order valence-electron chi connectivity index (χ4n) is 6.29. The predicted molar refractivity (Wildman–Crippen MR) is 154 cm³/mol. The summed E-state index contributed by atoms with van der Waals surface area (Å²) in [6, 6.07) is 9.26. The first kappa shape index (κ1) is 25.6. The van der Waals surface area contributed by atoms with Gasteiger partial charge in [0.1, 0.15) is 11.6 Å². The van der Waals surface area contributed by atoms with Gasteiger partial charge in [-0.3, -0.25) is 14.5 Å². The van der Waals surface area contributed by atoms with Crippen LogP contribution in [0.4, 0.5) is 16.8 Å². The highest BCUT2D eigenvalue weighted by Crippen LogP contribution is 2.51. The lowest BCUT2D eigenvalue weighted by molar-refractivity contribution is -0.117. The molecule has 4 heterocycles. The maximum atomic E-state index is 13.4. The molecule has 1 N–H and O–H groups in total. The lowest BCUT2D eigenvalue weighted by Gasteiger charge is -2.24. The second-order valence-electron chi connectivity index (χ2n) is 11.7. The van der Waals surface area contributed by atoms with E-state index in [1.54, 1.807) is 6.07 Å². The van der Waals surface area contributed by atoms with Gasteiger partial charge in [-0.05, 0) is 87.3 Å². The maximum absolute atomic E-state index is 13.4. The number of fused-ring (bicyclic) bond motifs is 1. The van der Waals surface area contributed by atoms with Gasteiger partial charge in [0.2, 0.25) is 5.91 Å². The van der Waals surface area contributed by atoms with E-state index in [-0.39, 0.29) is 28.3 Å². The van der Waals surface area contributed by atoms with E-state index in [4.69, 9.17) is 9.97 Å². The number of benzene rings is 1. The topological polar surface area (TPSA) is 113 Å². The van der Waals surface area contributed by atoms with E-state index in [1.807, 2.05) is 41.0 Å². The summed E-state index contributed by atoms with van der Waals surface area (Å²) in [6.07, 6.45) is 6.86. The molecule has 2 aliphatic heterocycles. The molecule has 7 rings (SSSR count). The van der Waals surface area contributed by atoms with Crippen LogP contribution in [0.15, 0.2) is 35.2 Å². The second-order valence-corrected chi connectivity index (χ2v) is 14.7. The Hall–Kier alpha value is -3.31. The predicted octanol–water partition coefficient (Wildman–Crippen LogP) is 5.07. The van der Waals surface area contributed by atoms with Gasteiger partial charge in [-0.15, -0.1) is 0 Å². The molecule has 0 radical (unpaired) electrons. The van der Waals surface area contributed by atoms with Crippen molar-refractivity contribution in [2.45, 2.75) is 75.4 Å². The lowest BCUT2D eigenvalue weighted by atomic mass is 10.0. The van der Waals surface area contributed by atoms with Crippen molar-refractivity contribution in [3.8, 4) is 10.4 Å². The third kappa shape index (κ3) is 4.21. The fourth-order valence-corrected chi connectivity index (χ4v) is 8.18. The first-order valence-corrected chi connectivity index (χ1v) is 16.5. The smallest absolute Gasteiger partial charge is 0.256 e. The van der Waals surface area contributed by atoms with Gasteiger partial charge in [0.15, 0.2) is 15.0 Å². The van der Waals surface area contributed by atoms with Crippen LogP contribution in [-0.2, 0) is 21.2 Å². The third-order valence-corrected chi connectivity index (χ3v) is 11.0. The molecular formula is C29H31N5O4S2. The van der Waals surface area contributed by atoms with Gasteiger partial charge in [0.25, 0.3) is 5.91 Å². The van der Waals surface area contributed by atoms with Crippen LogP contribution in [0, 0.1) is 12.8 Å². The first-order valence-electron chi connectivity index (χ1n) is 13.8. The molecule has 2 aliphatic carbocycles. The lowest BCUT2D eigenvalue weighted by Crippen LogP contribution is -2.35. The number of aromatic nitrogens is 2. The first-order chi connectivity index (χ1) is 19.0. The number of sulfone groups is 1. The Morgan fingerprint density at radius 2 is 1.90 bits per heavy atom. The minimum atomic E-state index is -3.64.